The minimum absolute atomic E-state index is 0.0345. The van der Waals surface area contributed by atoms with Gasteiger partial charge in [-0.05, 0) is 24.8 Å². The van der Waals surface area contributed by atoms with Crippen LogP contribution in [0.3, 0.4) is 0 Å². The summed E-state index contributed by atoms with van der Waals surface area (Å²) in [5.41, 5.74) is 7.17. The zero-order valence-corrected chi connectivity index (χ0v) is 10.3. The van der Waals surface area contributed by atoms with Crippen molar-refractivity contribution >= 4 is 5.91 Å². The first kappa shape index (κ1) is 12.1. The van der Waals surface area contributed by atoms with E-state index >= 15 is 0 Å². The van der Waals surface area contributed by atoms with E-state index in [2.05, 4.69) is 0 Å². The number of hydrogen-bond acceptors (Lipinski definition) is 2. The lowest BCUT2D eigenvalue weighted by Crippen LogP contribution is -2.29. The maximum absolute atomic E-state index is 11.8. The molecule has 1 aromatic carbocycles. The van der Waals surface area contributed by atoms with E-state index in [1.165, 1.54) is 0 Å². The molecule has 0 aromatic heterocycles. The maximum atomic E-state index is 11.8. The predicted molar refractivity (Wildman–Crippen MR) is 68.4 cm³/mol. The van der Waals surface area contributed by atoms with Crippen LogP contribution in [-0.2, 0) is 4.79 Å². The number of carbonyl (C=O) groups excluding carboxylic acids is 1. The molecule has 0 radical (unpaired) electrons. The fourth-order valence-corrected chi connectivity index (χ4v) is 1.99. The van der Waals surface area contributed by atoms with Crippen LogP contribution in [0.2, 0.25) is 0 Å². The molecule has 0 heterocycles. The molecule has 1 aromatic rings. The van der Waals surface area contributed by atoms with Gasteiger partial charge in [-0.25, -0.2) is 0 Å². The molecule has 2 N–H and O–H groups in total. The maximum Gasteiger partial charge on any atom is 0.222 e. The van der Waals surface area contributed by atoms with Crippen LogP contribution in [0.25, 0.3) is 0 Å². The van der Waals surface area contributed by atoms with Crippen LogP contribution < -0.4 is 5.73 Å². The van der Waals surface area contributed by atoms with Gasteiger partial charge in [-0.3, -0.25) is 4.79 Å². The van der Waals surface area contributed by atoms with E-state index in [1.807, 2.05) is 42.3 Å². The zero-order valence-electron chi connectivity index (χ0n) is 10.3. The lowest BCUT2D eigenvalue weighted by Gasteiger charge is -2.18. The molecule has 1 aliphatic carbocycles. The summed E-state index contributed by atoms with van der Waals surface area (Å²) in [6.45, 7) is 0. The highest BCUT2D eigenvalue weighted by molar-refractivity contribution is 5.76. The molecule has 0 aliphatic heterocycles. The number of benzene rings is 1. The number of hydrogen-bond donors (Lipinski definition) is 1. The molecule has 1 saturated carbocycles. The largest absolute Gasteiger partial charge is 0.343 e. The summed E-state index contributed by atoms with van der Waals surface area (Å²) < 4.78 is 0. The third-order valence-corrected chi connectivity index (χ3v) is 3.38. The first-order chi connectivity index (χ1) is 8.18. The molecular weight excluding hydrogens is 212 g/mol. The van der Waals surface area contributed by atoms with Gasteiger partial charge in [0.2, 0.25) is 5.91 Å². The van der Waals surface area contributed by atoms with Crippen LogP contribution in [0.1, 0.15) is 37.3 Å². The number of nitrogens with two attached hydrogens (primary N) is 1. The summed E-state index contributed by atoms with van der Waals surface area (Å²) in [5.74, 6) is 0.221. The van der Waals surface area contributed by atoms with Gasteiger partial charge in [0, 0.05) is 25.6 Å². The first-order valence-corrected chi connectivity index (χ1v) is 6.24. The monoisotopic (exact) mass is 232 g/mol. The first-order valence-electron chi connectivity index (χ1n) is 6.24. The molecule has 17 heavy (non-hydrogen) atoms. The van der Waals surface area contributed by atoms with Gasteiger partial charge in [0.05, 0.1) is 0 Å². The predicted octanol–water partition coefficient (Wildman–Crippen LogP) is 2.09. The van der Waals surface area contributed by atoms with Gasteiger partial charge in [0.15, 0.2) is 0 Å². The van der Waals surface area contributed by atoms with E-state index in [0.717, 1.165) is 24.8 Å². The second-order valence-corrected chi connectivity index (χ2v) is 4.79. The Labute approximate surface area is 103 Å². The van der Waals surface area contributed by atoms with Crippen molar-refractivity contribution in [2.75, 3.05) is 7.05 Å². The second-order valence-electron chi connectivity index (χ2n) is 4.79. The SMILES string of the molecule is CN(C(=O)CCC(N)c1ccccc1)C1CC1. The van der Waals surface area contributed by atoms with Crippen molar-refractivity contribution in [1.29, 1.82) is 0 Å². The average molecular weight is 232 g/mol. The van der Waals surface area contributed by atoms with Crippen molar-refractivity contribution in [3.05, 3.63) is 35.9 Å². The lowest BCUT2D eigenvalue weighted by molar-refractivity contribution is -0.130. The standard InChI is InChI=1S/C14H20N2O/c1-16(12-7-8-12)14(17)10-9-13(15)11-5-3-2-4-6-11/h2-6,12-13H,7-10,15H2,1H3. The van der Waals surface area contributed by atoms with Crippen LogP contribution in [-0.4, -0.2) is 23.9 Å². The Kier molecular flexibility index (Phi) is 3.79. The summed E-state index contributed by atoms with van der Waals surface area (Å²) in [4.78, 5) is 13.7. The number of nitrogens with zero attached hydrogens (tertiary/aromatic N) is 1. The number of carbonyl (C=O) groups is 1. The summed E-state index contributed by atoms with van der Waals surface area (Å²) >= 11 is 0. The van der Waals surface area contributed by atoms with Gasteiger partial charge in [0.1, 0.15) is 0 Å². The highest BCUT2D eigenvalue weighted by Crippen LogP contribution is 2.26. The smallest absolute Gasteiger partial charge is 0.222 e. The topological polar surface area (TPSA) is 46.3 Å². The van der Waals surface area contributed by atoms with Crippen molar-refractivity contribution in [1.82, 2.24) is 4.90 Å². The Bertz CT molecular complexity index is 373. The molecule has 1 fully saturated rings. The van der Waals surface area contributed by atoms with E-state index in [4.69, 9.17) is 5.73 Å². The van der Waals surface area contributed by atoms with Crippen molar-refractivity contribution in [2.24, 2.45) is 5.73 Å². The molecule has 0 saturated heterocycles. The average Bonchev–Trinajstić information content (AvgIpc) is 3.20. The van der Waals surface area contributed by atoms with Gasteiger partial charge in [-0.2, -0.15) is 0 Å². The Balaban J connectivity index is 1.79. The quantitative estimate of drug-likeness (QED) is 0.845. The molecule has 92 valence electrons. The minimum atomic E-state index is -0.0345. The molecule has 1 amide bonds. The number of rotatable bonds is 5. The molecular formula is C14H20N2O. The Morgan fingerprint density at radius 2 is 2.06 bits per heavy atom. The normalized spacial score (nSPS) is 16.6. The summed E-state index contributed by atoms with van der Waals surface area (Å²) in [6, 6.07) is 10.4. The Morgan fingerprint density at radius 3 is 2.65 bits per heavy atom. The zero-order chi connectivity index (χ0) is 12.3. The highest BCUT2D eigenvalue weighted by atomic mass is 16.2. The molecule has 1 unspecified atom stereocenters. The van der Waals surface area contributed by atoms with Crippen LogP contribution in [0.5, 0.6) is 0 Å². The highest BCUT2D eigenvalue weighted by Gasteiger charge is 2.29. The van der Waals surface area contributed by atoms with Crippen molar-refractivity contribution in [3.63, 3.8) is 0 Å². The van der Waals surface area contributed by atoms with Gasteiger partial charge in [0.25, 0.3) is 0 Å². The van der Waals surface area contributed by atoms with Crippen molar-refractivity contribution in [3.8, 4) is 0 Å². The molecule has 0 spiro atoms. The fourth-order valence-electron chi connectivity index (χ4n) is 1.99. The molecule has 3 heteroatoms. The van der Waals surface area contributed by atoms with Gasteiger partial charge in [-0.1, -0.05) is 30.3 Å². The Morgan fingerprint density at radius 1 is 1.41 bits per heavy atom. The van der Waals surface area contributed by atoms with E-state index in [-0.39, 0.29) is 11.9 Å². The Hall–Kier alpha value is -1.35. The minimum Gasteiger partial charge on any atom is -0.343 e. The summed E-state index contributed by atoms with van der Waals surface area (Å²) in [7, 11) is 1.90. The molecule has 1 atom stereocenters. The molecule has 1 aliphatic rings. The summed E-state index contributed by atoms with van der Waals surface area (Å²) in [6.07, 6.45) is 3.59. The number of amides is 1. The van der Waals surface area contributed by atoms with Gasteiger partial charge in [-0.15, -0.1) is 0 Å². The van der Waals surface area contributed by atoms with Crippen LogP contribution in [0.15, 0.2) is 30.3 Å². The van der Waals surface area contributed by atoms with E-state index < -0.39 is 0 Å². The van der Waals surface area contributed by atoms with Gasteiger partial charge < -0.3 is 10.6 Å². The summed E-state index contributed by atoms with van der Waals surface area (Å²) in [5, 5.41) is 0. The molecule has 2 rings (SSSR count). The van der Waals surface area contributed by atoms with Crippen molar-refractivity contribution in [2.45, 2.75) is 37.8 Å². The van der Waals surface area contributed by atoms with E-state index in [1.54, 1.807) is 0 Å². The molecule has 3 nitrogen and oxygen atoms in total. The van der Waals surface area contributed by atoms with Crippen LogP contribution in [0.4, 0.5) is 0 Å². The van der Waals surface area contributed by atoms with Gasteiger partial charge >= 0.3 is 0 Å². The van der Waals surface area contributed by atoms with E-state index in [0.29, 0.717) is 12.5 Å². The molecule has 0 bridgehead atoms. The van der Waals surface area contributed by atoms with Crippen molar-refractivity contribution < 1.29 is 4.79 Å². The third-order valence-electron chi connectivity index (χ3n) is 3.38. The van der Waals surface area contributed by atoms with E-state index in [9.17, 15) is 4.79 Å². The lowest BCUT2D eigenvalue weighted by atomic mass is 10.0. The third kappa shape index (κ3) is 3.30. The van der Waals surface area contributed by atoms with Crippen LogP contribution >= 0.6 is 0 Å². The fraction of sp³-hybridized carbons (Fsp3) is 0.500. The second kappa shape index (κ2) is 5.32. The van der Waals surface area contributed by atoms with Crippen LogP contribution in [0, 0.1) is 0 Å².